The van der Waals surface area contributed by atoms with Crippen molar-refractivity contribution in [2.24, 2.45) is 5.73 Å². The Hall–Kier alpha value is -1.06. The van der Waals surface area contributed by atoms with Crippen LogP contribution in [0.2, 0.25) is 0 Å². The van der Waals surface area contributed by atoms with Gasteiger partial charge in [0.15, 0.2) is 0 Å². The fourth-order valence-electron chi connectivity index (χ4n) is 3.62. The first-order valence-electron chi connectivity index (χ1n) is 7.50. The van der Waals surface area contributed by atoms with Crippen LogP contribution in [0.5, 0.6) is 0 Å². The van der Waals surface area contributed by atoms with E-state index in [0.717, 1.165) is 19.0 Å². The maximum atomic E-state index is 6.12. The monoisotopic (exact) mass is 259 g/mol. The van der Waals surface area contributed by atoms with Crippen molar-refractivity contribution in [1.82, 2.24) is 4.90 Å². The summed E-state index contributed by atoms with van der Waals surface area (Å²) in [6.07, 6.45) is 5.05. The smallest absolute Gasteiger partial charge is 0.0522 e. The van der Waals surface area contributed by atoms with E-state index in [0.29, 0.717) is 0 Å². The van der Waals surface area contributed by atoms with Crippen LogP contribution in [0, 0.1) is 6.92 Å². The van der Waals surface area contributed by atoms with Crippen molar-refractivity contribution in [3.8, 4) is 0 Å². The number of nitrogens with one attached hydrogen (secondary N) is 1. The van der Waals surface area contributed by atoms with Crippen LogP contribution < -0.4 is 11.1 Å². The summed E-state index contributed by atoms with van der Waals surface area (Å²) in [5, 5.41) is 3.73. The van der Waals surface area contributed by atoms with E-state index in [9.17, 15) is 0 Å². The van der Waals surface area contributed by atoms with E-state index in [1.165, 1.54) is 43.6 Å². The lowest BCUT2D eigenvalue weighted by Crippen LogP contribution is -2.55. The third-order valence-corrected chi connectivity index (χ3v) is 4.85. The average molecular weight is 259 g/mol. The molecule has 2 atom stereocenters. The van der Waals surface area contributed by atoms with Gasteiger partial charge in [0, 0.05) is 24.8 Å². The molecule has 1 aromatic carbocycles. The Balaban J connectivity index is 1.74. The normalized spacial score (nSPS) is 31.2. The van der Waals surface area contributed by atoms with Crippen molar-refractivity contribution in [2.45, 2.75) is 44.2 Å². The molecule has 1 aromatic rings. The number of rotatable bonds is 3. The van der Waals surface area contributed by atoms with Gasteiger partial charge in [-0.15, -0.1) is 0 Å². The third kappa shape index (κ3) is 2.63. The standard InChI is InChI=1S/C16H25N3/c1-13-4-6-14(7-5-13)18-16(12-17)8-10-19-9-2-3-15(19)11-16/h4-7,15,18H,2-3,8-12,17H2,1H3. The van der Waals surface area contributed by atoms with E-state index in [4.69, 9.17) is 5.73 Å². The van der Waals surface area contributed by atoms with Crippen LogP contribution in [-0.2, 0) is 0 Å². The summed E-state index contributed by atoms with van der Waals surface area (Å²) in [5.74, 6) is 0. The summed E-state index contributed by atoms with van der Waals surface area (Å²) in [5.41, 5.74) is 8.73. The van der Waals surface area contributed by atoms with Gasteiger partial charge in [-0.05, 0) is 51.3 Å². The fraction of sp³-hybridized carbons (Fsp3) is 0.625. The van der Waals surface area contributed by atoms with Gasteiger partial charge in [0.05, 0.1) is 5.54 Å². The molecule has 2 fully saturated rings. The highest BCUT2D eigenvalue weighted by Gasteiger charge is 2.40. The lowest BCUT2D eigenvalue weighted by molar-refractivity contribution is 0.145. The van der Waals surface area contributed by atoms with Gasteiger partial charge in [-0.25, -0.2) is 0 Å². The number of fused-ring (bicyclic) bond motifs is 1. The number of nitrogens with two attached hydrogens (primary N) is 1. The Bertz CT molecular complexity index is 428. The predicted molar refractivity (Wildman–Crippen MR) is 80.4 cm³/mol. The summed E-state index contributed by atoms with van der Waals surface area (Å²) >= 11 is 0. The lowest BCUT2D eigenvalue weighted by Gasteiger charge is -2.44. The molecule has 0 radical (unpaired) electrons. The van der Waals surface area contributed by atoms with E-state index >= 15 is 0 Å². The molecule has 3 heteroatoms. The summed E-state index contributed by atoms with van der Waals surface area (Å²) in [7, 11) is 0. The van der Waals surface area contributed by atoms with Crippen molar-refractivity contribution in [1.29, 1.82) is 0 Å². The molecule has 2 aliphatic heterocycles. The van der Waals surface area contributed by atoms with Crippen LogP contribution in [0.4, 0.5) is 5.69 Å². The van der Waals surface area contributed by atoms with Crippen LogP contribution in [0.3, 0.4) is 0 Å². The van der Waals surface area contributed by atoms with Gasteiger partial charge in [-0.3, -0.25) is 0 Å². The Morgan fingerprint density at radius 3 is 2.84 bits per heavy atom. The molecular weight excluding hydrogens is 234 g/mol. The van der Waals surface area contributed by atoms with Crippen molar-refractivity contribution in [3.05, 3.63) is 29.8 Å². The number of benzene rings is 1. The number of aryl methyl sites for hydroxylation is 1. The number of nitrogens with zero attached hydrogens (tertiary/aromatic N) is 1. The van der Waals surface area contributed by atoms with Crippen molar-refractivity contribution in [3.63, 3.8) is 0 Å². The molecule has 2 unspecified atom stereocenters. The summed E-state index contributed by atoms with van der Waals surface area (Å²) in [6, 6.07) is 9.42. The van der Waals surface area contributed by atoms with Gasteiger partial charge in [0.25, 0.3) is 0 Å². The molecule has 19 heavy (non-hydrogen) atoms. The zero-order valence-corrected chi connectivity index (χ0v) is 11.9. The molecule has 104 valence electrons. The molecule has 3 nitrogen and oxygen atoms in total. The van der Waals surface area contributed by atoms with Gasteiger partial charge >= 0.3 is 0 Å². The topological polar surface area (TPSA) is 41.3 Å². The van der Waals surface area contributed by atoms with E-state index in [2.05, 4.69) is 41.4 Å². The molecular formula is C16H25N3. The number of anilines is 1. The lowest BCUT2D eigenvalue weighted by atomic mass is 9.83. The van der Waals surface area contributed by atoms with Crippen LogP contribution in [0.15, 0.2) is 24.3 Å². The maximum absolute atomic E-state index is 6.12. The van der Waals surface area contributed by atoms with Gasteiger partial charge in [0.1, 0.15) is 0 Å². The molecule has 2 heterocycles. The van der Waals surface area contributed by atoms with Crippen molar-refractivity contribution < 1.29 is 0 Å². The van der Waals surface area contributed by atoms with Crippen LogP contribution in [0.1, 0.15) is 31.2 Å². The second-order valence-electron chi connectivity index (χ2n) is 6.26. The Morgan fingerprint density at radius 1 is 1.32 bits per heavy atom. The zero-order valence-electron chi connectivity index (χ0n) is 11.9. The minimum atomic E-state index is 0.0980. The zero-order chi connectivity index (χ0) is 13.3. The second kappa shape index (κ2) is 5.14. The number of hydrogen-bond donors (Lipinski definition) is 2. The molecule has 3 rings (SSSR count). The highest BCUT2D eigenvalue weighted by atomic mass is 15.2. The minimum Gasteiger partial charge on any atom is -0.378 e. The Morgan fingerprint density at radius 2 is 2.11 bits per heavy atom. The van der Waals surface area contributed by atoms with Crippen molar-refractivity contribution >= 4 is 5.69 Å². The van der Waals surface area contributed by atoms with Gasteiger partial charge in [-0.1, -0.05) is 17.7 Å². The van der Waals surface area contributed by atoms with E-state index in [1.807, 2.05) is 0 Å². The third-order valence-electron chi connectivity index (χ3n) is 4.85. The average Bonchev–Trinajstić information content (AvgIpc) is 2.88. The first-order chi connectivity index (χ1) is 9.21. The summed E-state index contributed by atoms with van der Waals surface area (Å²) < 4.78 is 0. The SMILES string of the molecule is Cc1ccc(NC2(CN)CCN3CCCC3C2)cc1. The van der Waals surface area contributed by atoms with Crippen molar-refractivity contribution in [2.75, 3.05) is 25.0 Å². The van der Waals surface area contributed by atoms with E-state index in [1.54, 1.807) is 0 Å². The molecule has 2 saturated heterocycles. The molecule has 0 aromatic heterocycles. The quantitative estimate of drug-likeness (QED) is 0.875. The molecule has 2 aliphatic rings. The van der Waals surface area contributed by atoms with Crippen LogP contribution in [-0.4, -0.2) is 36.1 Å². The molecule has 0 bridgehead atoms. The largest absolute Gasteiger partial charge is 0.378 e. The molecule has 3 N–H and O–H groups in total. The fourth-order valence-corrected chi connectivity index (χ4v) is 3.62. The van der Waals surface area contributed by atoms with Gasteiger partial charge in [0.2, 0.25) is 0 Å². The van der Waals surface area contributed by atoms with E-state index in [-0.39, 0.29) is 5.54 Å². The number of hydrogen-bond acceptors (Lipinski definition) is 3. The Kier molecular flexibility index (Phi) is 3.50. The highest BCUT2D eigenvalue weighted by molar-refractivity contribution is 5.47. The first-order valence-corrected chi connectivity index (χ1v) is 7.50. The van der Waals surface area contributed by atoms with E-state index < -0.39 is 0 Å². The number of piperidine rings is 1. The Labute approximate surface area is 116 Å². The minimum absolute atomic E-state index is 0.0980. The maximum Gasteiger partial charge on any atom is 0.0522 e. The van der Waals surface area contributed by atoms with Gasteiger partial charge < -0.3 is 16.0 Å². The van der Waals surface area contributed by atoms with Crippen LogP contribution in [0.25, 0.3) is 0 Å². The molecule has 0 spiro atoms. The summed E-state index contributed by atoms with van der Waals surface area (Å²) in [6.45, 7) is 5.33. The molecule has 0 aliphatic carbocycles. The van der Waals surface area contributed by atoms with Crippen LogP contribution >= 0.6 is 0 Å². The molecule has 0 saturated carbocycles. The summed E-state index contributed by atoms with van der Waals surface area (Å²) in [4.78, 5) is 2.64. The molecule has 0 amide bonds. The van der Waals surface area contributed by atoms with Gasteiger partial charge in [-0.2, -0.15) is 0 Å². The first kappa shape index (κ1) is 12.9. The predicted octanol–water partition coefficient (Wildman–Crippen LogP) is 2.36. The second-order valence-corrected chi connectivity index (χ2v) is 6.26. The highest BCUT2D eigenvalue weighted by Crippen LogP contribution is 2.34.